The number of benzene rings is 2. The van der Waals surface area contributed by atoms with Crippen LogP contribution in [0.5, 0.6) is 0 Å². The van der Waals surface area contributed by atoms with Crippen LogP contribution in [0.15, 0.2) is 79.1 Å². The van der Waals surface area contributed by atoms with Crippen molar-refractivity contribution in [3.05, 3.63) is 84.9 Å². The van der Waals surface area contributed by atoms with E-state index in [1.165, 1.54) is 12.1 Å². The van der Waals surface area contributed by atoms with Crippen LogP contribution in [0.25, 0.3) is 55.7 Å². The van der Waals surface area contributed by atoms with E-state index in [-0.39, 0.29) is 17.6 Å². The van der Waals surface area contributed by atoms with Gasteiger partial charge in [0.25, 0.3) is 0 Å². The molecule has 7 nitrogen and oxygen atoms in total. The molecular weight excluding hydrogens is 467 g/mol. The van der Waals surface area contributed by atoms with E-state index in [4.69, 9.17) is 4.98 Å². The fourth-order valence-electron chi connectivity index (χ4n) is 4.37. The number of aromatic amines is 2. The highest BCUT2D eigenvalue weighted by Crippen LogP contribution is 2.34. The van der Waals surface area contributed by atoms with Gasteiger partial charge in [-0.15, -0.1) is 0 Å². The van der Waals surface area contributed by atoms with E-state index >= 15 is 0 Å². The Morgan fingerprint density at radius 2 is 1.81 bits per heavy atom. The maximum atomic E-state index is 13.9. The molecule has 37 heavy (non-hydrogen) atoms. The van der Waals surface area contributed by atoms with E-state index in [9.17, 15) is 9.18 Å². The Labute approximate surface area is 211 Å². The van der Waals surface area contributed by atoms with E-state index in [1.807, 2.05) is 62.4 Å². The number of anilines is 1. The molecule has 8 heteroatoms. The zero-order valence-corrected chi connectivity index (χ0v) is 20.2. The van der Waals surface area contributed by atoms with Gasteiger partial charge in [-0.25, -0.2) is 9.37 Å². The van der Waals surface area contributed by atoms with Crippen LogP contribution >= 0.6 is 0 Å². The molecule has 0 unspecified atom stereocenters. The lowest BCUT2D eigenvalue weighted by molar-refractivity contribution is -0.118. The summed E-state index contributed by atoms with van der Waals surface area (Å²) in [5.41, 5.74) is 7.72. The van der Waals surface area contributed by atoms with Gasteiger partial charge in [-0.05, 0) is 53.6 Å². The van der Waals surface area contributed by atoms with Crippen molar-refractivity contribution in [2.75, 3.05) is 5.32 Å². The molecule has 6 aromatic rings. The molecule has 0 aliphatic heterocycles. The normalized spacial score (nSPS) is 11.5. The number of aromatic nitrogens is 5. The van der Waals surface area contributed by atoms with Gasteiger partial charge in [0.2, 0.25) is 5.91 Å². The average molecular weight is 491 g/mol. The van der Waals surface area contributed by atoms with Gasteiger partial charge in [-0.3, -0.25) is 14.9 Å². The lowest BCUT2D eigenvalue weighted by atomic mass is 10.0. The lowest BCUT2D eigenvalue weighted by Crippen LogP contribution is -2.17. The molecule has 0 spiro atoms. The predicted molar refractivity (Wildman–Crippen MR) is 143 cm³/mol. The number of fused-ring (bicyclic) bond motifs is 2. The highest BCUT2D eigenvalue weighted by molar-refractivity contribution is 6.00. The molecule has 6 rings (SSSR count). The first-order valence-corrected chi connectivity index (χ1v) is 12.0. The molecule has 0 saturated carbocycles. The molecule has 0 bridgehead atoms. The third kappa shape index (κ3) is 4.23. The number of nitrogens with zero attached hydrogens (tertiary/aromatic N) is 3. The van der Waals surface area contributed by atoms with E-state index in [2.05, 4.69) is 25.5 Å². The van der Waals surface area contributed by atoms with E-state index in [0.29, 0.717) is 22.6 Å². The van der Waals surface area contributed by atoms with Crippen molar-refractivity contribution in [3.8, 4) is 33.8 Å². The topological polar surface area (TPSA) is 99.4 Å². The largest absolute Gasteiger partial charge is 0.353 e. The van der Waals surface area contributed by atoms with Crippen molar-refractivity contribution in [2.24, 2.45) is 5.92 Å². The van der Waals surface area contributed by atoms with Gasteiger partial charge in [-0.1, -0.05) is 38.1 Å². The second-order valence-electron chi connectivity index (χ2n) is 9.23. The Bertz CT molecular complexity index is 1780. The number of amides is 1. The molecule has 0 saturated heterocycles. The van der Waals surface area contributed by atoms with E-state index in [1.54, 1.807) is 18.5 Å². The zero-order valence-electron chi connectivity index (χ0n) is 20.2. The van der Waals surface area contributed by atoms with Gasteiger partial charge in [0.15, 0.2) is 0 Å². The number of halogens is 1. The third-order valence-corrected chi connectivity index (χ3v) is 6.29. The Morgan fingerprint density at radius 3 is 2.65 bits per heavy atom. The number of nitrogens with one attached hydrogen (secondary N) is 3. The molecule has 4 aromatic heterocycles. The van der Waals surface area contributed by atoms with Crippen LogP contribution in [0.1, 0.15) is 13.8 Å². The number of H-pyrrole nitrogens is 2. The second kappa shape index (κ2) is 8.98. The monoisotopic (exact) mass is 490 g/mol. The molecule has 3 N–H and O–H groups in total. The highest BCUT2D eigenvalue weighted by Gasteiger charge is 2.16. The van der Waals surface area contributed by atoms with Crippen molar-refractivity contribution in [2.45, 2.75) is 13.8 Å². The highest BCUT2D eigenvalue weighted by atomic mass is 19.1. The first-order valence-electron chi connectivity index (χ1n) is 12.0. The number of carbonyl (C=O) groups is 1. The minimum Gasteiger partial charge on any atom is -0.353 e. The van der Waals surface area contributed by atoms with Crippen LogP contribution in [0.3, 0.4) is 0 Å². The van der Waals surface area contributed by atoms with Crippen molar-refractivity contribution in [1.82, 2.24) is 25.1 Å². The summed E-state index contributed by atoms with van der Waals surface area (Å²) in [5.74, 6) is -0.483. The van der Waals surface area contributed by atoms with Crippen LogP contribution < -0.4 is 5.32 Å². The van der Waals surface area contributed by atoms with E-state index in [0.717, 1.165) is 38.8 Å². The van der Waals surface area contributed by atoms with Crippen LogP contribution in [0.2, 0.25) is 0 Å². The molecule has 2 aromatic carbocycles. The van der Waals surface area contributed by atoms with Crippen LogP contribution in [0, 0.1) is 11.7 Å². The molecule has 1 amide bonds. The summed E-state index contributed by atoms with van der Waals surface area (Å²) < 4.78 is 13.9. The SMILES string of the molecule is CC(C)C(=O)Nc1cncc(-c2ccc3[nH]nc(-c4cc5c(-c6cccc(F)c6)cccc5[nH]4)c3n2)c1. The van der Waals surface area contributed by atoms with Crippen molar-refractivity contribution >= 4 is 33.5 Å². The number of rotatable bonds is 5. The second-order valence-corrected chi connectivity index (χ2v) is 9.23. The summed E-state index contributed by atoms with van der Waals surface area (Å²) in [7, 11) is 0. The number of carbonyl (C=O) groups excluding carboxylic acids is 1. The maximum Gasteiger partial charge on any atom is 0.226 e. The quantitative estimate of drug-likeness (QED) is 0.254. The van der Waals surface area contributed by atoms with Gasteiger partial charge in [-0.2, -0.15) is 5.10 Å². The van der Waals surface area contributed by atoms with Crippen molar-refractivity contribution in [3.63, 3.8) is 0 Å². The third-order valence-electron chi connectivity index (χ3n) is 6.29. The van der Waals surface area contributed by atoms with Crippen LogP contribution in [0.4, 0.5) is 10.1 Å². The smallest absolute Gasteiger partial charge is 0.226 e. The molecule has 0 aliphatic carbocycles. The Kier molecular flexibility index (Phi) is 5.49. The Hall–Kier alpha value is -4.85. The standard InChI is InChI=1S/C29H23FN6O/c1-16(2)29(37)32-20-12-18(14-31-15-20)23-9-10-25-27(34-23)28(36-35-25)26-13-22-21(7-4-8-24(22)33-26)17-5-3-6-19(30)11-17/h3-16,33H,1-2H3,(H,32,37)(H,35,36). The Balaban J connectivity index is 1.41. The summed E-state index contributed by atoms with van der Waals surface area (Å²) in [4.78, 5) is 24.7. The van der Waals surface area contributed by atoms with Gasteiger partial charge >= 0.3 is 0 Å². The van der Waals surface area contributed by atoms with Crippen molar-refractivity contribution < 1.29 is 9.18 Å². The Morgan fingerprint density at radius 1 is 0.946 bits per heavy atom. The summed E-state index contributed by atoms with van der Waals surface area (Å²) in [5, 5.41) is 11.4. The number of hydrogen-bond donors (Lipinski definition) is 3. The summed E-state index contributed by atoms with van der Waals surface area (Å²) in [6, 6.07) is 20.2. The molecule has 182 valence electrons. The molecule has 0 aliphatic rings. The van der Waals surface area contributed by atoms with Gasteiger partial charge in [0.05, 0.1) is 28.8 Å². The van der Waals surface area contributed by atoms with Crippen LogP contribution in [-0.2, 0) is 4.79 Å². The predicted octanol–water partition coefficient (Wildman–Crippen LogP) is 6.57. The van der Waals surface area contributed by atoms with Gasteiger partial charge < -0.3 is 10.3 Å². The molecule has 4 heterocycles. The fraction of sp³-hybridized carbons (Fsp3) is 0.103. The first-order chi connectivity index (χ1) is 18.0. The van der Waals surface area contributed by atoms with E-state index < -0.39 is 0 Å². The molecule has 0 radical (unpaired) electrons. The summed E-state index contributed by atoms with van der Waals surface area (Å²) in [6.45, 7) is 3.68. The molecule has 0 atom stereocenters. The number of pyridine rings is 2. The summed E-state index contributed by atoms with van der Waals surface area (Å²) >= 11 is 0. The lowest BCUT2D eigenvalue weighted by Gasteiger charge is -2.08. The minimum absolute atomic E-state index is 0.0732. The van der Waals surface area contributed by atoms with Crippen LogP contribution in [-0.4, -0.2) is 31.1 Å². The number of hydrogen-bond acceptors (Lipinski definition) is 4. The van der Waals surface area contributed by atoms with Gasteiger partial charge in [0, 0.05) is 28.6 Å². The summed E-state index contributed by atoms with van der Waals surface area (Å²) in [6.07, 6.45) is 3.33. The minimum atomic E-state index is -0.275. The zero-order chi connectivity index (χ0) is 25.5. The maximum absolute atomic E-state index is 13.9. The average Bonchev–Trinajstić information content (AvgIpc) is 3.52. The molecule has 0 fully saturated rings. The van der Waals surface area contributed by atoms with Gasteiger partial charge in [0.1, 0.15) is 17.0 Å². The molecular formula is C29H23FN6O. The first kappa shape index (κ1) is 22.6. The van der Waals surface area contributed by atoms with Crippen molar-refractivity contribution in [1.29, 1.82) is 0 Å². The fourth-order valence-corrected chi connectivity index (χ4v) is 4.37.